The molecular formula is C28H27N5O. The van der Waals surface area contributed by atoms with Gasteiger partial charge in [-0.05, 0) is 40.5 Å². The van der Waals surface area contributed by atoms with Crippen molar-refractivity contribution >= 4 is 28.1 Å². The molecule has 0 atom stereocenters. The van der Waals surface area contributed by atoms with Gasteiger partial charge in [-0.3, -0.25) is 4.40 Å². The van der Waals surface area contributed by atoms with Crippen molar-refractivity contribution in [3.05, 3.63) is 90.4 Å². The summed E-state index contributed by atoms with van der Waals surface area (Å²) in [5, 5.41) is 6.13. The van der Waals surface area contributed by atoms with Crippen LogP contribution < -0.4 is 10.2 Å². The van der Waals surface area contributed by atoms with Crippen molar-refractivity contribution in [2.45, 2.75) is 13.5 Å². The maximum absolute atomic E-state index is 5.50. The Morgan fingerprint density at radius 3 is 2.50 bits per heavy atom. The number of anilines is 2. The average molecular weight is 450 g/mol. The number of fused-ring (bicyclic) bond motifs is 2. The van der Waals surface area contributed by atoms with E-state index in [0.717, 1.165) is 55.8 Å². The van der Waals surface area contributed by atoms with Gasteiger partial charge in [0.2, 0.25) is 0 Å². The third-order valence-corrected chi connectivity index (χ3v) is 6.51. The molecule has 6 heteroatoms. The van der Waals surface area contributed by atoms with Gasteiger partial charge in [-0.2, -0.15) is 0 Å². The van der Waals surface area contributed by atoms with Crippen molar-refractivity contribution in [2.75, 3.05) is 36.5 Å². The molecule has 1 fully saturated rings. The Hall–Kier alpha value is -3.90. The number of morpholine rings is 1. The van der Waals surface area contributed by atoms with E-state index in [1.807, 2.05) is 19.3 Å². The van der Waals surface area contributed by atoms with E-state index < -0.39 is 0 Å². The van der Waals surface area contributed by atoms with Crippen LogP contribution in [0.15, 0.2) is 79.1 Å². The lowest BCUT2D eigenvalue weighted by atomic mass is 10.0. The number of nitrogens with zero attached hydrogens (tertiary/aromatic N) is 4. The highest BCUT2D eigenvalue weighted by molar-refractivity contribution is 5.87. The number of nitrogens with one attached hydrogen (secondary N) is 1. The van der Waals surface area contributed by atoms with Gasteiger partial charge in [0.1, 0.15) is 5.82 Å². The van der Waals surface area contributed by atoms with E-state index in [9.17, 15) is 0 Å². The molecule has 0 radical (unpaired) electrons. The lowest BCUT2D eigenvalue weighted by Crippen LogP contribution is -2.37. The molecule has 1 N–H and O–H groups in total. The molecule has 34 heavy (non-hydrogen) atoms. The predicted molar refractivity (Wildman–Crippen MR) is 137 cm³/mol. The van der Waals surface area contributed by atoms with E-state index in [1.165, 1.54) is 27.5 Å². The summed E-state index contributed by atoms with van der Waals surface area (Å²) in [6, 6.07) is 23.9. The number of rotatable bonds is 5. The number of ether oxygens (including phenoxy) is 1. The van der Waals surface area contributed by atoms with Gasteiger partial charge in [0.25, 0.3) is 0 Å². The van der Waals surface area contributed by atoms with E-state index in [-0.39, 0.29) is 0 Å². The highest BCUT2D eigenvalue weighted by Crippen LogP contribution is 2.27. The fourth-order valence-electron chi connectivity index (χ4n) is 4.66. The van der Waals surface area contributed by atoms with Gasteiger partial charge in [0.05, 0.1) is 18.9 Å². The molecule has 3 aromatic carbocycles. The van der Waals surface area contributed by atoms with Crippen LogP contribution in [0, 0.1) is 6.92 Å². The second-order valence-corrected chi connectivity index (χ2v) is 8.70. The first-order valence-corrected chi connectivity index (χ1v) is 11.7. The van der Waals surface area contributed by atoms with Crippen LogP contribution in [0.4, 0.5) is 11.6 Å². The molecule has 1 saturated heterocycles. The number of hydrogen-bond acceptors (Lipinski definition) is 5. The fourth-order valence-corrected chi connectivity index (χ4v) is 4.66. The van der Waals surface area contributed by atoms with Gasteiger partial charge in [-0.1, -0.05) is 60.7 Å². The molecule has 0 spiro atoms. The van der Waals surface area contributed by atoms with Gasteiger partial charge in [0, 0.05) is 32.0 Å². The summed E-state index contributed by atoms with van der Waals surface area (Å²) in [7, 11) is 0. The molecule has 0 saturated carbocycles. The van der Waals surface area contributed by atoms with Gasteiger partial charge < -0.3 is 15.0 Å². The molecule has 6 rings (SSSR count). The first-order chi connectivity index (χ1) is 16.8. The van der Waals surface area contributed by atoms with E-state index in [4.69, 9.17) is 9.72 Å². The van der Waals surface area contributed by atoms with Crippen LogP contribution in [0.3, 0.4) is 0 Å². The quantitative estimate of drug-likeness (QED) is 0.394. The van der Waals surface area contributed by atoms with Crippen LogP contribution in [-0.4, -0.2) is 40.7 Å². The Morgan fingerprint density at radius 1 is 0.912 bits per heavy atom. The molecule has 0 bridgehead atoms. The minimum atomic E-state index is 0.724. The molecule has 0 aliphatic carbocycles. The van der Waals surface area contributed by atoms with Crippen LogP contribution in [0.5, 0.6) is 0 Å². The van der Waals surface area contributed by atoms with Crippen LogP contribution in [0.1, 0.15) is 11.3 Å². The fraction of sp³-hybridized carbons (Fsp3) is 0.214. The van der Waals surface area contributed by atoms with Gasteiger partial charge in [-0.25, -0.2) is 9.97 Å². The van der Waals surface area contributed by atoms with Crippen LogP contribution in [-0.2, 0) is 11.3 Å². The summed E-state index contributed by atoms with van der Waals surface area (Å²) in [4.78, 5) is 11.7. The Labute approximate surface area is 198 Å². The van der Waals surface area contributed by atoms with Gasteiger partial charge >= 0.3 is 0 Å². The number of imidazole rings is 1. The van der Waals surface area contributed by atoms with Crippen molar-refractivity contribution in [3.63, 3.8) is 0 Å². The zero-order valence-electron chi connectivity index (χ0n) is 19.2. The molecule has 1 aliphatic rings. The highest BCUT2D eigenvalue weighted by atomic mass is 16.5. The standard InChI is InChI=1S/C28H27N5O/c1-20-26(33-13-12-29-27(28(33)31-20)32-14-16-34-17-15-32)30-19-21-6-8-23(9-7-21)25-11-10-22-4-2-3-5-24(22)18-25/h2-13,18,30H,14-17,19H2,1H3. The topological polar surface area (TPSA) is 54.7 Å². The summed E-state index contributed by atoms with van der Waals surface area (Å²) < 4.78 is 7.60. The Morgan fingerprint density at radius 2 is 1.68 bits per heavy atom. The largest absolute Gasteiger partial charge is 0.378 e. The van der Waals surface area contributed by atoms with Crippen molar-refractivity contribution in [1.29, 1.82) is 0 Å². The van der Waals surface area contributed by atoms with Crippen LogP contribution >= 0.6 is 0 Å². The van der Waals surface area contributed by atoms with Crippen molar-refractivity contribution in [2.24, 2.45) is 0 Å². The third-order valence-electron chi connectivity index (χ3n) is 6.51. The lowest BCUT2D eigenvalue weighted by Gasteiger charge is -2.27. The second-order valence-electron chi connectivity index (χ2n) is 8.70. The average Bonchev–Trinajstić information content (AvgIpc) is 3.23. The molecular weight excluding hydrogens is 422 g/mol. The Kier molecular flexibility index (Phi) is 5.35. The van der Waals surface area contributed by atoms with E-state index >= 15 is 0 Å². The molecule has 0 amide bonds. The van der Waals surface area contributed by atoms with Gasteiger partial charge in [-0.15, -0.1) is 0 Å². The number of aromatic nitrogens is 3. The Bertz CT molecular complexity index is 1450. The number of benzene rings is 3. The summed E-state index contributed by atoms with van der Waals surface area (Å²) in [6.45, 7) is 5.89. The third kappa shape index (κ3) is 3.86. The van der Waals surface area contributed by atoms with Crippen LogP contribution in [0.2, 0.25) is 0 Å². The molecule has 170 valence electrons. The molecule has 0 unspecified atom stereocenters. The van der Waals surface area contributed by atoms with Crippen molar-refractivity contribution < 1.29 is 4.74 Å². The summed E-state index contributed by atoms with van der Waals surface area (Å²) in [5.74, 6) is 1.92. The molecule has 3 heterocycles. The van der Waals surface area contributed by atoms with E-state index in [2.05, 4.69) is 86.3 Å². The molecule has 6 nitrogen and oxygen atoms in total. The second kappa shape index (κ2) is 8.80. The monoisotopic (exact) mass is 449 g/mol. The normalized spacial score (nSPS) is 14.1. The highest BCUT2D eigenvalue weighted by Gasteiger charge is 2.19. The van der Waals surface area contributed by atoms with Crippen molar-refractivity contribution in [3.8, 4) is 11.1 Å². The number of hydrogen-bond donors (Lipinski definition) is 1. The SMILES string of the molecule is Cc1nc2c(N3CCOCC3)nccn2c1NCc1ccc(-c2ccc3ccccc3c2)cc1. The summed E-state index contributed by atoms with van der Waals surface area (Å²) >= 11 is 0. The smallest absolute Gasteiger partial charge is 0.182 e. The zero-order valence-corrected chi connectivity index (χ0v) is 19.2. The maximum atomic E-state index is 5.50. The summed E-state index contributed by atoms with van der Waals surface area (Å²) in [5.41, 5.74) is 5.54. The molecule has 1 aliphatic heterocycles. The van der Waals surface area contributed by atoms with Crippen LogP contribution in [0.25, 0.3) is 27.5 Å². The lowest BCUT2D eigenvalue weighted by molar-refractivity contribution is 0.122. The molecule has 5 aromatic rings. The molecule has 2 aromatic heterocycles. The summed E-state index contributed by atoms with van der Waals surface area (Å²) in [6.07, 6.45) is 3.83. The predicted octanol–water partition coefficient (Wildman–Crippen LogP) is 5.31. The zero-order chi connectivity index (χ0) is 22.9. The van der Waals surface area contributed by atoms with E-state index in [1.54, 1.807) is 0 Å². The Balaban J connectivity index is 1.21. The maximum Gasteiger partial charge on any atom is 0.182 e. The van der Waals surface area contributed by atoms with E-state index in [0.29, 0.717) is 0 Å². The first kappa shape index (κ1) is 20.7. The first-order valence-electron chi connectivity index (χ1n) is 11.7. The minimum Gasteiger partial charge on any atom is -0.378 e. The van der Waals surface area contributed by atoms with Gasteiger partial charge in [0.15, 0.2) is 11.5 Å². The minimum absolute atomic E-state index is 0.724. The van der Waals surface area contributed by atoms with Crippen molar-refractivity contribution in [1.82, 2.24) is 14.4 Å². The number of aryl methyl sites for hydroxylation is 1.